The van der Waals surface area contributed by atoms with Gasteiger partial charge in [-0.2, -0.15) is 26.3 Å². The van der Waals surface area contributed by atoms with Gasteiger partial charge in [-0.3, -0.25) is 9.69 Å². The fourth-order valence-corrected chi connectivity index (χ4v) is 4.96. The molecule has 3 aromatic rings. The molecule has 188 valence electrons. The predicted molar refractivity (Wildman–Crippen MR) is 118 cm³/mol. The van der Waals surface area contributed by atoms with Crippen molar-refractivity contribution < 1.29 is 40.6 Å². The van der Waals surface area contributed by atoms with E-state index in [0.717, 1.165) is 16.2 Å². The number of nitrogens with zero attached hydrogens (tertiary/aromatic N) is 2. The average molecular weight is 539 g/mol. The van der Waals surface area contributed by atoms with Gasteiger partial charge in [0, 0.05) is 12.2 Å². The summed E-state index contributed by atoms with van der Waals surface area (Å²) in [5.74, 6) is -0.735. The molecule has 1 aliphatic heterocycles. The first-order chi connectivity index (χ1) is 16.4. The van der Waals surface area contributed by atoms with Gasteiger partial charge in [0.05, 0.1) is 40.6 Å². The maximum atomic E-state index is 13.4. The highest BCUT2D eigenvalue weighted by Crippen LogP contribution is 2.40. The lowest BCUT2D eigenvalue weighted by molar-refractivity contribution is -0.143. The third-order valence-corrected chi connectivity index (χ3v) is 6.93. The Morgan fingerprint density at radius 3 is 2.37 bits per heavy atom. The van der Waals surface area contributed by atoms with Crippen molar-refractivity contribution in [2.75, 3.05) is 25.2 Å². The molecule has 4 rings (SSSR count). The molecule has 1 aromatic heterocycles. The van der Waals surface area contributed by atoms with Gasteiger partial charge in [0.25, 0.3) is 5.91 Å². The summed E-state index contributed by atoms with van der Waals surface area (Å²) in [6.45, 7) is 0.310. The molecule has 35 heavy (non-hydrogen) atoms. The molecule has 5 nitrogen and oxygen atoms in total. The van der Waals surface area contributed by atoms with Crippen LogP contribution in [0.5, 0.6) is 5.75 Å². The second kappa shape index (κ2) is 9.47. The molecule has 1 unspecified atom stereocenters. The van der Waals surface area contributed by atoms with E-state index >= 15 is 0 Å². The number of alkyl halides is 6. The monoisotopic (exact) mass is 538 g/mol. The standard InChI is InChI=1S/C22H17ClF6N2O3S/c1-33-16-5-4-15(23)18-17(16)30-20(35-18)31(10-14-3-2-6-34-14)19(32)11-7-12(21(24,25)26)9-13(8-11)22(27,28)29/h4-5,7-9,14H,2-3,6,10H2,1H3. The zero-order valence-electron chi connectivity index (χ0n) is 18.0. The molecule has 1 aliphatic rings. The van der Waals surface area contributed by atoms with E-state index in [1.165, 1.54) is 7.11 Å². The van der Waals surface area contributed by atoms with Gasteiger partial charge in [-0.25, -0.2) is 4.98 Å². The van der Waals surface area contributed by atoms with Gasteiger partial charge in [-0.15, -0.1) is 0 Å². The van der Waals surface area contributed by atoms with Gasteiger partial charge in [-0.1, -0.05) is 22.9 Å². The van der Waals surface area contributed by atoms with Gasteiger partial charge in [-0.05, 0) is 43.2 Å². The number of carbonyl (C=O) groups is 1. The summed E-state index contributed by atoms with van der Waals surface area (Å²) in [6.07, 6.45) is -9.38. The molecule has 1 saturated heterocycles. The molecule has 0 bridgehead atoms. The van der Waals surface area contributed by atoms with E-state index in [2.05, 4.69) is 4.98 Å². The number of benzene rings is 2. The number of anilines is 1. The SMILES string of the molecule is COc1ccc(Cl)c2sc(N(CC3CCCO3)C(=O)c3cc(C(F)(F)F)cc(C(F)(F)F)c3)nc12. The summed E-state index contributed by atoms with van der Waals surface area (Å²) in [5, 5.41) is 0.338. The van der Waals surface area contributed by atoms with Crippen molar-refractivity contribution in [3.8, 4) is 5.75 Å². The van der Waals surface area contributed by atoms with Crippen LogP contribution in [0.1, 0.15) is 34.3 Å². The normalized spacial score (nSPS) is 16.6. The summed E-state index contributed by atoms with van der Waals surface area (Å²) < 4.78 is 91.5. The number of fused-ring (bicyclic) bond motifs is 1. The maximum absolute atomic E-state index is 13.4. The minimum absolute atomic E-state index is 0.0243. The van der Waals surface area contributed by atoms with Gasteiger partial charge < -0.3 is 9.47 Å². The number of aromatic nitrogens is 1. The van der Waals surface area contributed by atoms with Gasteiger partial charge in [0.2, 0.25) is 0 Å². The van der Waals surface area contributed by atoms with E-state index in [9.17, 15) is 31.1 Å². The number of ether oxygens (including phenoxy) is 2. The van der Waals surface area contributed by atoms with Gasteiger partial charge >= 0.3 is 12.4 Å². The predicted octanol–water partition coefficient (Wildman–Crippen LogP) is 6.82. The van der Waals surface area contributed by atoms with Crippen molar-refractivity contribution in [3.63, 3.8) is 0 Å². The molecule has 0 aliphatic carbocycles. The first-order valence-electron chi connectivity index (χ1n) is 10.2. The van der Waals surface area contributed by atoms with Crippen LogP contribution in [0.25, 0.3) is 10.2 Å². The summed E-state index contributed by atoms with van der Waals surface area (Å²) in [7, 11) is 1.40. The van der Waals surface area contributed by atoms with Crippen molar-refractivity contribution >= 4 is 44.2 Å². The van der Waals surface area contributed by atoms with E-state index < -0.39 is 41.1 Å². The van der Waals surface area contributed by atoms with E-state index in [-0.39, 0.29) is 17.7 Å². The van der Waals surface area contributed by atoms with Crippen molar-refractivity contribution in [2.45, 2.75) is 31.3 Å². The Labute approximate surface area is 204 Å². The summed E-state index contributed by atoms with van der Waals surface area (Å²) in [5.41, 5.74) is -3.63. The number of rotatable bonds is 5. The first-order valence-corrected chi connectivity index (χ1v) is 11.4. The van der Waals surface area contributed by atoms with Crippen LogP contribution < -0.4 is 9.64 Å². The molecular formula is C22H17ClF6N2O3S. The van der Waals surface area contributed by atoms with Gasteiger partial charge in [0.1, 0.15) is 11.3 Å². The van der Waals surface area contributed by atoms with Crippen LogP contribution in [-0.2, 0) is 17.1 Å². The van der Waals surface area contributed by atoms with Crippen LogP contribution in [0.2, 0.25) is 5.02 Å². The number of hydrogen-bond donors (Lipinski definition) is 0. The summed E-state index contributed by atoms with van der Waals surface area (Å²) in [4.78, 5) is 18.9. The third kappa shape index (κ3) is 5.34. The van der Waals surface area contributed by atoms with Crippen molar-refractivity contribution in [2.24, 2.45) is 0 Å². The van der Waals surface area contributed by atoms with Crippen molar-refractivity contribution in [3.05, 3.63) is 52.0 Å². The molecule has 0 N–H and O–H groups in total. The van der Waals surface area contributed by atoms with Crippen molar-refractivity contribution in [1.82, 2.24) is 4.98 Å². The van der Waals surface area contributed by atoms with E-state index in [1.807, 2.05) is 0 Å². The van der Waals surface area contributed by atoms with Crippen molar-refractivity contribution in [1.29, 1.82) is 0 Å². The average Bonchev–Trinajstić information content (AvgIpc) is 3.46. The number of hydrogen-bond acceptors (Lipinski definition) is 5. The molecular weight excluding hydrogens is 522 g/mol. The Balaban J connectivity index is 1.84. The maximum Gasteiger partial charge on any atom is 0.416 e. The molecule has 0 spiro atoms. The van der Waals surface area contributed by atoms with E-state index in [4.69, 9.17) is 21.1 Å². The zero-order valence-corrected chi connectivity index (χ0v) is 19.5. The lowest BCUT2D eigenvalue weighted by Crippen LogP contribution is -2.37. The Morgan fingerprint density at radius 2 is 1.83 bits per heavy atom. The minimum Gasteiger partial charge on any atom is -0.494 e. The number of halogens is 7. The van der Waals surface area contributed by atoms with Crippen LogP contribution in [0.15, 0.2) is 30.3 Å². The van der Waals surface area contributed by atoms with Crippen LogP contribution in [0, 0.1) is 0 Å². The highest BCUT2D eigenvalue weighted by molar-refractivity contribution is 7.23. The topological polar surface area (TPSA) is 51.7 Å². The minimum atomic E-state index is -5.09. The number of carbonyl (C=O) groups excluding carboxylic acids is 1. The third-order valence-electron chi connectivity index (χ3n) is 5.39. The van der Waals surface area contributed by atoms with Crippen LogP contribution >= 0.6 is 22.9 Å². The fraction of sp³-hybridized carbons (Fsp3) is 0.364. The Kier molecular flexibility index (Phi) is 6.91. The molecule has 0 radical (unpaired) electrons. The molecule has 1 atom stereocenters. The second-order valence-electron chi connectivity index (χ2n) is 7.77. The van der Waals surface area contributed by atoms with Gasteiger partial charge in [0.15, 0.2) is 5.13 Å². The Morgan fingerprint density at radius 1 is 1.17 bits per heavy atom. The summed E-state index contributed by atoms with van der Waals surface area (Å²) >= 11 is 7.22. The number of thiazole rings is 1. The lowest BCUT2D eigenvalue weighted by atomic mass is 10.0. The molecule has 0 saturated carbocycles. The van der Waals surface area contributed by atoms with Crippen LogP contribution in [0.3, 0.4) is 0 Å². The molecule has 1 fully saturated rings. The largest absolute Gasteiger partial charge is 0.494 e. The molecule has 2 aromatic carbocycles. The Bertz CT molecular complexity index is 1220. The lowest BCUT2D eigenvalue weighted by Gasteiger charge is -2.24. The highest BCUT2D eigenvalue weighted by atomic mass is 35.5. The smallest absolute Gasteiger partial charge is 0.416 e. The number of methoxy groups -OCH3 is 1. The quantitative estimate of drug-likeness (QED) is 0.334. The second-order valence-corrected chi connectivity index (χ2v) is 9.15. The Hall–Kier alpha value is -2.57. The first kappa shape index (κ1) is 25.5. The fourth-order valence-electron chi connectivity index (χ4n) is 3.70. The molecule has 2 heterocycles. The van der Waals surface area contributed by atoms with Crippen LogP contribution in [-0.4, -0.2) is 37.3 Å². The van der Waals surface area contributed by atoms with E-state index in [0.29, 0.717) is 52.6 Å². The van der Waals surface area contributed by atoms with E-state index in [1.54, 1.807) is 12.1 Å². The highest BCUT2D eigenvalue weighted by Gasteiger charge is 2.38. The van der Waals surface area contributed by atoms with Crippen LogP contribution in [0.4, 0.5) is 31.5 Å². The number of amides is 1. The molecule has 13 heteroatoms. The molecule has 1 amide bonds. The summed E-state index contributed by atoms with van der Waals surface area (Å²) in [6, 6.07) is 3.90. The zero-order chi connectivity index (χ0) is 25.5.